The second-order valence-electron chi connectivity index (χ2n) is 5.84. The molecule has 2 rings (SSSR count). The molecule has 1 atom stereocenters. The largest absolute Gasteiger partial charge is 0.310 e. The molecule has 0 aliphatic rings. The minimum absolute atomic E-state index is 0.491. The van der Waals surface area contributed by atoms with Gasteiger partial charge in [0.15, 0.2) is 0 Å². The average Bonchev–Trinajstić information content (AvgIpc) is 2.99. The van der Waals surface area contributed by atoms with Gasteiger partial charge in [-0.15, -0.1) is 11.3 Å². The second kappa shape index (κ2) is 8.35. The smallest absolute Gasteiger partial charge is 0.0323 e. The molecule has 1 nitrogen and oxygen atoms in total. The topological polar surface area (TPSA) is 12.0 Å². The Morgan fingerprint density at radius 2 is 2.05 bits per heavy atom. The molecule has 0 aliphatic heterocycles. The molecule has 0 aliphatic carbocycles. The lowest BCUT2D eigenvalue weighted by Gasteiger charge is -2.21. The van der Waals surface area contributed by atoms with Crippen LogP contribution in [-0.4, -0.2) is 6.54 Å². The summed E-state index contributed by atoms with van der Waals surface area (Å²) in [6.45, 7) is 7.75. The molecule has 0 amide bonds. The van der Waals surface area contributed by atoms with Gasteiger partial charge in [0.05, 0.1) is 0 Å². The monoisotopic (exact) mass is 301 g/mol. The maximum absolute atomic E-state index is 3.74. The van der Waals surface area contributed by atoms with Crippen molar-refractivity contribution < 1.29 is 0 Å². The SMILES string of the molecule is CCCNC(CCCc1cccs1)c1cc(C)ccc1C. The van der Waals surface area contributed by atoms with Crippen LogP contribution in [0.15, 0.2) is 35.7 Å². The third-order valence-electron chi connectivity index (χ3n) is 3.95. The fraction of sp³-hybridized carbons (Fsp3) is 0.474. The van der Waals surface area contributed by atoms with Crippen molar-refractivity contribution in [3.63, 3.8) is 0 Å². The highest BCUT2D eigenvalue weighted by atomic mass is 32.1. The van der Waals surface area contributed by atoms with Crippen molar-refractivity contribution in [3.8, 4) is 0 Å². The molecule has 114 valence electrons. The van der Waals surface area contributed by atoms with E-state index in [2.05, 4.69) is 61.8 Å². The lowest BCUT2D eigenvalue weighted by Crippen LogP contribution is -2.23. The Labute approximate surface area is 133 Å². The van der Waals surface area contributed by atoms with Crippen molar-refractivity contribution in [1.82, 2.24) is 5.32 Å². The van der Waals surface area contributed by atoms with Crippen molar-refractivity contribution >= 4 is 11.3 Å². The first kappa shape index (κ1) is 16.3. The van der Waals surface area contributed by atoms with Crippen LogP contribution >= 0.6 is 11.3 Å². The predicted molar refractivity (Wildman–Crippen MR) is 94.2 cm³/mol. The zero-order valence-corrected chi connectivity index (χ0v) is 14.3. The number of benzene rings is 1. The molecular weight excluding hydrogens is 274 g/mol. The van der Waals surface area contributed by atoms with Gasteiger partial charge in [0.2, 0.25) is 0 Å². The highest BCUT2D eigenvalue weighted by Gasteiger charge is 2.13. The molecule has 1 heterocycles. The summed E-state index contributed by atoms with van der Waals surface area (Å²) in [5.41, 5.74) is 4.25. The van der Waals surface area contributed by atoms with E-state index in [1.807, 2.05) is 11.3 Å². The first-order valence-corrected chi connectivity index (χ1v) is 8.91. The standard InChI is InChI=1S/C19H27NS/c1-4-12-20-19(9-5-7-17-8-6-13-21-17)18-14-15(2)10-11-16(18)3/h6,8,10-11,13-14,19-20H,4-5,7,9,12H2,1-3H3. The Hall–Kier alpha value is -1.12. The van der Waals surface area contributed by atoms with E-state index in [1.165, 1.54) is 47.3 Å². The van der Waals surface area contributed by atoms with Gasteiger partial charge >= 0.3 is 0 Å². The van der Waals surface area contributed by atoms with Gasteiger partial charge in [-0.3, -0.25) is 0 Å². The summed E-state index contributed by atoms with van der Waals surface area (Å²) < 4.78 is 0. The van der Waals surface area contributed by atoms with Crippen LogP contribution < -0.4 is 5.32 Å². The lowest BCUT2D eigenvalue weighted by atomic mass is 9.95. The van der Waals surface area contributed by atoms with Gasteiger partial charge in [0.25, 0.3) is 0 Å². The van der Waals surface area contributed by atoms with Gasteiger partial charge in [0.1, 0.15) is 0 Å². The fourth-order valence-corrected chi connectivity index (χ4v) is 3.51. The van der Waals surface area contributed by atoms with E-state index in [-0.39, 0.29) is 0 Å². The fourth-order valence-electron chi connectivity index (χ4n) is 2.76. The molecule has 2 aromatic rings. The van der Waals surface area contributed by atoms with E-state index in [4.69, 9.17) is 0 Å². The van der Waals surface area contributed by atoms with Crippen molar-refractivity contribution in [2.45, 2.75) is 52.5 Å². The minimum Gasteiger partial charge on any atom is -0.310 e. The van der Waals surface area contributed by atoms with Crippen LogP contribution in [0, 0.1) is 13.8 Å². The molecule has 2 heteroatoms. The number of rotatable bonds is 8. The molecule has 0 fully saturated rings. The number of nitrogens with one attached hydrogen (secondary N) is 1. The summed E-state index contributed by atoms with van der Waals surface area (Å²) in [4.78, 5) is 1.50. The number of hydrogen-bond acceptors (Lipinski definition) is 2. The normalized spacial score (nSPS) is 12.5. The Morgan fingerprint density at radius 1 is 1.19 bits per heavy atom. The Balaban J connectivity index is 2.01. The van der Waals surface area contributed by atoms with Crippen LogP contribution in [0.5, 0.6) is 0 Å². The summed E-state index contributed by atoms with van der Waals surface area (Å²) in [5, 5.41) is 5.91. The highest BCUT2D eigenvalue weighted by molar-refractivity contribution is 7.09. The molecule has 0 bridgehead atoms. The van der Waals surface area contributed by atoms with Gasteiger partial charge < -0.3 is 5.32 Å². The Kier molecular flexibility index (Phi) is 6.47. The second-order valence-corrected chi connectivity index (χ2v) is 6.87. The first-order chi connectivity index (χ1) is 10.2. The molecule has 0 saturated heterocycles. The van der Waals surface area contributed by atoms with Crippen molar-refractivity contribution in [2.24, 2.45) is 0 Å². The molecule has 0 saturated carbocycles. The zero-order chi connectivity index (χ0) is 15.1. The summed E-state index contributed by atoms with van der Waals surface area (Å²) in [7, 11) is 0. The summed E-state index contributed by atoms with van der Waals surface area (Å²) in [6, 6.07) is 11.7. The quantitative estimate of drug-likeness (QED) is 0.685. The van der Waals surface area contributed by atoms with Gasteiger partial charge in [-0.25, -0.2) is 0 Å². The van der Waals surface area contributed by atoms with Crippen LogP contribution in [0.25, 0.3) is 0 Å². The molecule has 0 radical (unpaired) electrons. The number of aryl methyl sites for hydroxylation is 3. The number of thiophene rings is 1. The Morgan fingerprint density at radius 3 is 2.76 bits per heavy atom. The van der Waals surface area contributed by atoms with Crippen LogP contribution in [0.3, 0.4) is 0 Å². The zero-order valence-electron chi connectivity index (χ0n) is 13.5. The molecule has 1 aromatic heterocycles. The van der Waals surface area contributed by atoms with E-state index in [0.717, 1.165) is 6.54 Å². The molecule has 0 spiro atoms. The molecular formula is C19H27NS. The third kappa shape index (κ3) is 4.98. The lowest BCUT2D eigenvalue weighted by molar-refractivity contribution is 0.483. The first-order valence-electron chi connectivity index (χ1n) is 8.03. The number of hydrogen-bond donors (Lipinski definition) is 1. The van der Waals surface area contributed by atoms with Crippen molar-refractivity contribution in [2.75, 3.05) is 6.54 Å². The highest BCUT2D eigenvalue weighted by Crippen LogP contribution is 2.25. The van der Waals surface area contributed by atoms with Crippen LogP contribution in [0.2, 0.25) is 0 Å². The van der Waals surface area contributed by atoms with Crippen molar-refractivity contribution in [1.29, 1.82) is 0 Å². The van der Waals surface area contributed by atoms with E-state index >= 15 is 0 Å². The van der Waals surface area contributed by atoms with Crippen LogP contribution in [-0.2, 0) is 6.42 Å². The summed E-state index contributed by atoms with van der Waals surface area (Å²) in [6.07, 6.45) is 4.84. The maximum Gasteiger partial charge on any atom is 0.0323 e. The van der Waals surface area contributed by atoms with Gasteiger partial charge in [-0.1, -0.05) is 36.8 Å². The molecule has 1 N–H and O–H groups in total. The van der Waals surface area contributed by atoms with E-state index in [1.54, 1.807) is 0 Å². The predicted octanol–water partition coefficient (Wildman–Crippen LogP) is 5.43. The van der Waals surface area contributed by atoms with Crippen molar-refractivity contribution in [3.05, 3.63) is 57.3 Å². The van der Waals surface area contributed by atoms with E-state index < -0.39 is 0 Å². The third-order valence-corrected chi connectivity index (χ3v) is 4.88. The average molecular weight is 301 g/mol. The van der Waals surface area contributed by atoms with Crippen LogP contribution in [0.4, 0.5) is 0 Å². The van der Waals surface area contributed by atoms with Gasteiger partial charge in [-0.2, -0.15) is 0 Å². The molecule has 1 unspecified atom stereocenters. The van der Waals surface area contributed by atoms with Crippen LogP contribution in [0.1, 0.15) is 53.8 Å². The summed E-state index contributed by atoms with van der Waals surface area (Å²) in [5.74, 6) is 0. The summed E-state index contributed by atoms with van der Waals surface area (Å²) >= 11 is 1.87. The molecule has 1 aromatic carbocycles. The van der Waals surface area contributed by atoms with E-state index in [0.29, 0.717) is 6.04 Å². The van der Waals surface area contributed by atoms with Gasteiger partial charge in [0, 0.05) is 10.9 Å². The minimum atomic E-state index is 0.491. The maximum atomic E-state index is 3.74. The molecule has 21 heavy (non-hydrogen) atoms. The van der Waals surface area contributed by atoms with E-state index in [9.17, 15) is 0 Å². The van der Waals surface area contributed by atoms with Gasteiger partial charge in [-0.05, 0) is 68.6 Å². The Bertz CT molecular complexity index is 531.